The number of nitrogens with one attached hydrogen (secondary N) is 2. The summed E-state index contributed by atoms with van der Waals surface area (Å²) in [5.74, 6) is 0.685. The molecule has 5 heterocycles. The number of H-pyrrole nitrogens is 1. The van der Waals surface area contributed by atoms with Crippen LogP contribution in [0.3, 0.4) is 0 Å². The molecule has 28 heavy (non-hydrogen) atoms. The summed E-state index contributed by atoms with van der Waals surface area (Å²) in [6, 6.07) is 4.45. The number of hydrogen-bond acceptors (Lipinski definition) is 6. The number of pyridine rings is 1. The first-order chi connectivity index (χ1) is 13.8. The first-order valence-electron chi connectivity index (χ1n) is 9.82. The molecule has 2 N–H and O–H groups in total. The molecule has 0 unspecified atom stereocenters. The second-order valence-electron chi connectivity index (χ2n) is 7.84. The number of anilines is 1. The second-order valence-corrected chi connectivity index (χ2v) is 7.84. The van der Waals surface area contributed by atoms with E-state index >= 15 is 0 Å². The molecule has 2 fully saturated rings. The third-order valence-electron chi connectivity index (χ3n) is 6.22. The Morgan fingerprint density at radius 3 is 2.93 bits per heavy atom. The number of fused-ring (bicyclic) bond motifs is 2. The predicted octanol–water partition coefficient (Wildman–Crippen LogP) is 3.18. The number of aromatic nitrogens is 6. The Labute approximate surface area is 161 Å². The zero-order chi connectivity index (χ0) is 18.6. The Hall–Kier alpha value is -3.00. The van der Waals surface area contributed by atoms with E-state index < -0.39 is 0 Å². The van der Waals surface area contributed by atoms with E-state index in [2.05, 4.69) is 25.4 Å². The van der Waals surface area contributed by atoms with Crippen LogP contribution in [0.5, 0.6) is 0 Å². The molecule has 4 aromatic heterocycles. The summed E-state index contributed by atoms with van der Waals surface area (Å²) in [7, 11) is 0. The van der Waals surface area contributed by atoms with Crippen LogP contribution in [0.4, 0.5) is 5.95 Å². The molecule has 4 aromatic rings. The lowest BCUT2D eigenvalue weighted by atomic mass is 9.77. The molecular weight excluding hydrogens is 354 g/mol. The van der Waals surface area contributed by atoms with Crippen LogP contribution < -0.4 is 5.32 Å². The number of ether oxygens (including phenoxy) is 1. The van der Waals surface area contributed by atoms with E-state index in [-0.39, 0.29) is 5.60 Å². The Morgan fingerprint density at radius 1 is 1.21 bits per heavy atom. The van der Waals surface area contributed by atoms with Crippen molar-refractivity contribution < 1.29 is 4.74 Å². The molecule has 1 aliphatic heterocycles. The van der Waals surface area contributed by atoms with Crippen LogP contribution in [0, 0.1) is 0 Å². The van der Waals surface area contributed by atoms with Crippen LogP contribution in [0.1, 0.15) is 32.1 Å². The Morgan fingerprint density at radius 2 is 2.11 bits per heavy atom. The number of nitrogens with zero attached hydrogens (tertiary/aromatic N) is 5. The predicted molar refractivity (Wildman–Crippen MR) is 105 cm³/mol. The first-order valence-corrected chi connectivity index (χ1v) is 9.82. The topological polar surface area (TPSA) is 93.0 Å². The fourth-order valence-corrected chi connectivity index (χ4v) is 4.45. The largest absolute Gasteiger partial charge is 0.375 e. The molecule has 1 saturated heterocycles. The monoisotopic (exact) mass is 375 g/mol. The zero-order valence-electron chi connectivity index (χ0n) is 15.4. The minimum Gasteiger partial charge on any atom is -0.375 e. The molecule has 142 valence electrons. The molecule has 6 rings (SSSR count). The van der Waals surface area contributed by atoms with Crippen LogP contribution in [0.15, 0.2) is 37.1 Å². The smallest absolute Gasteiger partial charge is 0.224 e. The molecule has 8 heteroatoms. The summed E-state index contributed by atoms with van der Waals surface area (Å²) in [6.45, 7) is 0.928. The summed E-state index contributed by atoms with van der Waals surface area (Å²) in [6.07, 6.45) is 13.0. The minimum absolute atomic E-state index is 0.183. The van der Waals surface area contributed by atoms with E-state index in [1.165, 1.54) is 6.42 Å². The van der Waals surface area contributed by atoms with Gasteiger partial charge in [-0.3, -0.25) is 0 Å². The van der Waals surface area contributed by atoms with Crippen molar-refractivity contribution in [3.63, 3.8) is 0 Å². The Kier molecular flexibility index (Phi) is 3.43. The summed E-state index contributed by atoms with van der Waals surface area (Å²) in [4.78, 5) is 16.8. The first kappa shape index (κ1) is 16.0. The van der Waals surface area contributed by atoms with Gasteiger partial charge in [0.2, 0.25) is 5.95 Å². The van der Waals surface area contributed by atoms with Crippen molar-refractivity contribution in [2.75, 3.05) is 11.9 Å². The summed E-state index contributed by atoms with van der Waals surface area (Å²) in [5, 5.41) is 8.65. The molecule has 2 aliphatic rings. The van der Waals surface area contributed by atoms with Crippen molar-refractivity contribution in [1.82, 2.24) is 29.5 Å². The van der Waals surface area contributed by atoms with Gasteiger partial charge in [-0.05, 0) is 49.8 Å². The third-order valence-corrected chi connectivity index (χ3v) is 6.22. The van der Waals surface area contributed by atoms with Gasteiger partial charge in [-0.1, -0.05) is 0 Å². The average molecular weight is 375 g/mol. The normalized spacial score (nSPS) is 24.6. The van der Waals surface area contributed by atoms with Crippen molar-refractivity contribution in [2.24, 2.45) is 0 Å². The van der Waals surface area contributed by atoms with Gasteiger partial charge in [0, 0.05) is 35.6 Å². The van der Waals surface area contributed by atoms with Gasteiger partial charge in [-0.25, -0.2) is 14.5 Å². The molecule has 0 amide bonds. The molecule has 8 nitrogen and oxygen atoms in total. The quantitative estimate of drug-likeness (QED) is 0.571. The van der Waals surface area contributed by atoms with Crippen LogP contribution in [0.25, 0.3) is 27.8 Å². The van der Waals surface area contributed by atoms with Gasteiger partial charge < -0.3 is 15.0 Å². The maximum Gasteiger partial charge on any atom is 0.224 e. The van der Waals surface area contributed by atoms with E-state index in [9.17, 15) is 0 Å². The van der Waals surface area contributed by atoms with Gasteiger partial charge in [0.05, 0.1) is 12.2 Å². The van der Waals surface area contributed by atoms with Gasteiger partial charge in [0.25, 0.3) is 0 Å². The van der Waals surface area contributed by atoms with Gasteiger partial charge in [0.15, 0.2) is 5.65 Å². The third kappa shape index (κ3) is 2.56. The molecule has 0 radical (unpaired) electrons. The molecule has 1 spiro atoms. The second kappa shape index (κ2) is 6.00. The molecule has 1 saturated carbocycles. The molecule has 1 aliphatic carbocycles. The standard InChI is InChI=1S/C20H21N7O/c1-4-20(6-8-28-20)5-2-14(1)25-19-22-11-16-15(10-21-18(16)26-19)13-3-7-27-17(9-13)23-12-24-27/h3,7,9-12,14H,1-2,4-6,8H2,(H2,21,22,25,26)/t14-,20+. The lowest BCUT2D eigenvalue weighted by Gasteiger charge is -2.46. The molecular formula is C20H21N7O. The van der Waals surface area contributed by atoms with Gasteiger partial charge in [0.1, 0.15) is 12.0 Å². The van der Waals surface area contributed by atoms with Crippen LogP contribution in [-0.2, 0) is 4.74 Å². The van der Waals surface area contributed by atoms with Gasteiger partial charge >= 0.3 is 0 Å². The molecule has 0 bridgehead atoms. The number of aromatic amines is 1. The maximum atomic E-state index is 5.81. The molecule has 0 aromatic carbocycles. The summed E-state index contributed by atoms with van der Waals surface area (Å²) >= 11 is 0. The van der Waals surface area contributed by atoms with E-state index in [0.29, 0.717) is 12.0 Å². The fraction of sp³-hybridized carbons (Fsp3) is 0.400. The van der Waals surface area contributed by atoms with Crippen molar-refractivity contribution in [3.8, 4) is 11.1 Å². The van der Waals surface area contributed by atoms with E-state index in [4.69, 9.17) is 9.72 Å². The SMILES string of the molecule is c1nc2cc(-c3c[nH]c4nc(N[C@H]5CC[C@]6(CCO6)CC5)ncc34)ccn2n1. The van der Waals surface area contributed by atoms with Crippen LogP contribution >= 0.6 is 0 Å². The van der Waals surface area contributed by atoms with Crippen molar-refractivity contribution in [1.29, 1.82) is 0 Å². The van der Waals surface area contributed by atoms with Crippen molar-refractivity contribution >= 4 is 22.6 Å². The van der Waals surface area contributed by atoms with Gasteiger partial charge in [-0.2, -0.15) is 10.1 Å². The lowest BCUT2D eigenvalue weighted by molar-refractivity contribution is -0.165. The Bertz CT molecular complexity index is 1150. The highest BCUT2D eigenvalue weighted by Crippen LogP contribution is 2.41. The highest BCUT2D eigenvalue weighted by Gasteiger charge is 2.41. The molecule has 0 atom stereocenters. The van der Waals surface area contributed by atoms with Crippen molar-refractivity contribution in [3.05, 3.63) is 37.1 Å². The van der Waals surface area contributed by atoms with E-state index in [1.807, 2.05) is 30.7 Å². The lowest BCUT2D eigenvalue weighted by Crippen LogP contribution is -2.48. The summed E-state index contributed by atoms with van der Waals surface area (Å²) < 4.78 is 7.56. The average Bonchev–Trinajstić information content (AvgIpc) is 3.33. The van der Waals surface area contributed by atoms with Crippen LogP contribution in [0.2, 0.25) is 0 Å². The van der Waals surface area contributed by atoms with Crippen molar-refractivity contribution in [2.45, 2.75) is 43.7 Å². The highest BCUT2D eigenvalue weighted by molar-refractivity contribution is 5.93. The van der Waals surface area contributed by atoms with Gasteiger partial charge in [-0.15, -0.1) is 0 Å². The number of hydrogen-bond donors (Lipinski definition) is 2. The highest BCUT2D eigenvalue weighted by atomic mass is 16.5. The fourth-order valence-electron chi connectivity index (χ4n) is 4.45. The van der Waals surface area contributed by atoms with E-state index in [1.54, 1.807) is 10.8 Å². The maximum absolute atomic E-state index is 5.81. The van der Waals surface area contributed by atoms with Crippen LogP contribution in [-0.4, -0.2) is 47.8 Å². The minimum atomic E-state index is 0.183. The van der Waals surface area contributed by atoms with E-state index in [0.717, 1.165) is 60.1 Å². The Balaban J connectivity index is 1.24. The zero-order valence-corrected chi connectivity index (χ0v) is 15.4. The summed E-state index contributed by atoms with van der Waals surface area (Å²) in [5.41, 5.74) is 3.96. The number of rotatable bonds is 3.